The molecule has 13 heteroatoms. The number of para-hydroxylation sites is 2. The van der Waals surface area contributed by atoms with Gasteiger partial charge in [-0.2, -0.15) is 0 Å². The summed E-state index contributed by atoms with van der Waals surface area (Å²) in [6.45, 7) is 0.239. The SMILES string of the molecule is NC(CCC(=O)O)C(=O)NC(Cc1c[nH]c2ccccc12)C(=O)N1CCCC1C(=O)NC(Cc1c[nH]c2ccccc12)C(=O)O. The fourth-order valence-electron chi connectivity index (χ4n) is 5.90. The Bertz CT molecular complexity index is 1730. The second-order valence-corrected chi connectivity index (χ2v) is 11.3. The molecule has 2 aromatic carbocycles. The second kappa shape index (κ2) is 13.6. The summed E-state index contributed by atoms with van der Waals surface area (Å²) in [4.78, 5) is 71.4. The number of nitrogens with two attached hydrogens (primary N) is 1. The molecule has 13 nitrogen and oxygen atoms in total. The number of carbonyl (C=O) groups is 5. The van der Waals surface area contributed by atoms with E-state index in [4.69, 9.17) is 10.8 Å². The molecule has 4 unspecified atom stereocenters. The van der Waals surface area contributed by atoms with Crippen molar-refractivity contribution in [2.75, 3.05) is 6.54 Å². The van der Waals surface area contributed by atoms with E-state index in [1.54, 1.807) is 12.4 Å². The van der Waals surface area contributed by atoms with Crippen molar-refractivity contribution in [3.8, 4) is 0 Å². The van der Waals surface area contributed by atoms with Gasteiger partial charge in [0, 0.05) is 60.0 Å². The summed E-state index contributed by atoms with van der Waals surface area (Å²) in [6.07, 6.45) is 4.00. The summed E-state index contributed by atoms with van der Waals surface area (Å²) in [5.41, 5.74) is 9.14. The first-order valence-corrected chi connectivity index (χ1v) is 14.8. The van der Waals surface area contributed by atoms with Gasteiger partial charge in [0.2, 0.25) is 17.7 Å². The Kier molecular flexibility index (Phi) is 9.48. The Morgan fingerprint density at radius 1 is 0.867 bits per heavy atom. The fourth-order valence-corrected chi connectivity index (χ4v) is 5.90. The third-order valence-electron chi connectivity index (χ3n) is 8.27. The standard InChI is InChI=1S/C32H36N6O7/c33-22(11-12-28(39)40)29(41)36-25(14-18-16-34-23-8-3-1-6-20(18)23)31(43)38-13-5-10-27(38)30(42)37-26(32(44)45)15-19-17-35-24-9-4-2-7-21(19)24/h1-4,6-9,16-17,22,25-27,34-35H,5,10-15,33H2,(H,36,41)(H,37,42)(H,39,40)(H,44,45). The molecule has 4 aromatic rings. The molecule has 8 N–H and O–H groups in total. The lowest BCUT2D eigenvalue weighted by Crippen LogP contribution is -2.57. The first-order chi connectivity index (χ1) is 21.6. The molecule has 3 heterocycles. The number of hydrogen-bond acceptors (Lipinski definition) is 6. The van der Waals surface area contributed by atoms with Gasteiger partial charge in [-0.05, 0) is 42.5 Å². The van der Waals surface area contributed by atoms with Crippen LogP contribution in [0.2, 0.25) is 0 Å². The van der Waals surface area contributed by atoms with E-state index in [2.05, 4.69) is 20.6 Å². The maximum Gasteiger partial charge on any atom is 0.326 e. The zero-order chi connectivity index (χ0) is 32.1. The van der Waals surface area contributed by atoms with E-state index in [0.717, 1.165) is 32.9 Å². The minimum absolute atomic E-state index is 0.0409. The predicted molar refractivity (Wildman–Crippen MR) is 165 cm³/mol. The average Bonchev–Trinajstić information content (AvgIpc) is 3.78. The van der Waals surface area contributed by atoms with E-state index in [0.29, 0.717) is 12.8 Å². The highest BCUT2D eigenvalue weighted by Crippen LogP contribution is 2.24. The Morgan fingerprint density at radius 3 is 2.02 bits per heavy atom. The van der Waals surface area contributed by atoms with Crippen molar-refractivity contribution in [1.29, 1.82) is 0 Å². The predicted octanol–water partition coefficient (Wildman–Crippen LogP) is 1.67. The molecule has 45 heavy (non-hydrogen) atoms. The van der Waals surface area contributed by atoms with Gasteiger partial charge in [-0.15, -0.1) is 0 Å². The van der Waals surface area contributed by atoms with Crippen LogP contribution in [0.3, 0.4) is 0 Å². The Labute approximate surface area is 258 Å². The van der Waals surface area contributed by atoms with Gasteiger partial charge in [0.25, 0.3) is 0 Å². The monoisotopic (exact) mass is 616 g/mol. The maximum absolute atomic E-state index is 14.0. The van der Waals surface area contributed by atoms with Crippen LogP contribution in [0.1, 0.15) is 36.8 Å². The normalized spacial score (nSPS) is 16.7. The summed E-state index contributed by atoms with van der Waals surface area (Å²) in [5.74, 6) is -4.09. The maximum atomic E-state index is 14.0. The first-order valence-electron chi connectivity index (χ1n) is 14.8. The second-order valence-electron chi connectivity index (χ2n) is 11.3. The molecule has 0 saturated carbocycles. The number of aromatic nitrogens is 2. The highest BCUT2D eigenvalue weighted by molar-refractivity contribution is 5.95. The number of benzene rings is 2. The molecule has 1 aliphatic heterocycles. The van der Waals surface area contributed by atoms with Crippen LogP contribution >= 0.6 is 0 Å². The van der Waals surface area contributed by atoms with Crippen LogP contribution in [-0.2, 0) is 36.8 Å². The number of aliphatic carboxylic acids is 2. The van der Waals surface area contributed by atoms with Crippen LogP contribution < -0.4 is 16.4 Å². The number of rotatable bonds is 13. The van der Waals surface area contributed by atoms with E-state index < -0.39 is 53.8 Å². The molecule has 0 spiro atoms. The third kappa shape index (κ3) is 7.15. The molecule has 2 aromatic heterocycles. The van der Waals surface area contributed by atoms with E-state index in [-0.39, 0.29) is 32.2 Å². The highest BCUT2D eigenvalue weighted by Gasteiger charge is 2.39. The minimum Gasteiger partial charge on any atom is -0.481 e. The summed E-state index contributed by atoms with van der Waals surface area (Å²) in [5, 5.41) is 26.0. The molecule has 4 atom stereocenters. The highest BCUT2D eigenvalue weighted by atomic mass is 16.4. The number of amides is 3. The summed E-state index contributed by atoms with van der Waals surface area (Å²) >= 11 is 0. The molecule has 5 rings (SSSR count). The number of carboxylic acid groups (broad SMARTS) is 2. The molecule has 1 aliphatic rings. The molecular weight excluding hydrogens is 580 g/mol. The van der Waals surface area contributed by atoms with Crippen LogP contribution in [0.4, 0.5) is 0 Å². The summed E-state index contributed by atoms with van der Waals surface area (Å²) in [7, 11) is 0. The molecule has 0 radical (unpaired) electrons. The van der Waals surface area contributed by atoms with Crippen molar-refractivity contribution in [3.05, 3.63) is 72.1 Å². The van der Waals surface area contributed by atoms with E-state index >= 15 is 0 Å². The smallest absolute Gasteiger partial charge is 0.326 e. The Morgan fingerprint density at radius 2 is 1.44 bits per heavy atom. The molecule has 0 aliphatic carbocycles. The van der Waals surface area contributed by atoms with Gasteiger partial charge < -0.3 is 41.4 Å². The number of H-pyrrole nitrogens is 2. The van der Waals surface area contributed by atoms with E-state index in [9.17, 15) is 29.1 Å². The van der Waals surface area contributed by atoms with Crippen molar-refractivity contribution < 1.29 is 34.2 Å². The van der Waals surface area contributed by atoms with E-state index in [1.807, 2.05) is 48.5 Å². The number of aromatic amines is 2. The third-order valence-corrected chi connectivity index (χ3v) is 8.27. The lowest BCUT2D eigenvalue weighted by molar-refractivity contribution is -0.145. The zero-order valence-electron chi connectivity index (χ0n) is 24.5. The molecule has 1 fully saturated rings. The fraction of sp³-hybridized carbons (Fsp3) is 0.344. The molecule has 1 saturated heterocycles. The summed E-state index contributed by atoms with van der Waals surface area (Å²) < 4.78 is 0. The largest absolute Gasteiger partial charge is 0.481 e. The van der Waals surface area contributed by atoms with Crippen LogP contribution in [0.15, 0.2) is 60.9 Å². The molecule has 3 amide bonds. The van der Waals surface area contributed by atoms with Crippen LogP contribution in [-0.4, -0.2) is 85.5 Å². The van der Waals surface area contributed by atoms with Crippen LogP contribution in [0.25, 0.3) is 21.8 Å². The number of carbonyl (C=O) groups excluding carboxylic acids is 3. The topological polar surface area (TPSA) is 211 Å². The van der Waals surface area contributed by atoms with Gasteiger partial charge >= 0.3 is 11.9 Å². The van der Waals surface area contributed by atoms with E-state index in [1.165, 1.54) is 4.90 Å². The molecule has 236 valence electrons. The average molecular weight is 617 g/mol. The molecule has 0 bridgehead atoms. The van der Waals surface area contributed by atoms with Crippen molar-refractivity contribution in [2.24, 2.45) is 5.73 Å². The van der Waals surface area contributed by atoms with Gasteiger partial charge in [-0.1, -0.05) is 36.4 Å². The van der Waals surface area contributed by atoms with Crippen LogP contribution in [0.5, 0.6) is 0 Å². The zero-order valence-corrected chi connectivity index (χ0v) is 24.5. The number of carboxylic acids is 2. The Balaban J connectivity index is 1.34. The van der Waals surface area contributed by atoms with Gasteiger partial charge in [-0.25, -0.2) is 4.79 Å². The molecular formula is C32H36N6O7. The van der Waals surface area contributed by atoms with Gasteiger partial charge in [-0.3, -0.25) is 19.2 Å². The minimum atomic E-state index is -1.23. The van der Waals surface area contributed by atoms with Crippen molar-refractivity contribution in [1.82, 2.24) is 25.5 Å². The van der Waals surface area contributed by atoms with Crippen molar-refractivity contribution in [3.63, 3.8) is 0 Å². The number of hydrogen-bond donors (Lipinski definition) is 7. The van der Waals surface area contributed by atoms with Gasteiger partial charge in [0.1, 0.15) is 18.1 Å². The van der Waals surface area contributed by atoms with Crippen molar-refractivity contribution >= 4 is 51.5 Å². The number of fused-ring (bicyclic) bond motifs is 2. The Hall–Kier alpha value is -5.17. The van der Waals surface area contributed by atoms with Crippen molar-refractivity contribution in [2.45, 2.75) is 62.7 Å². The quantitative estimate of drug-likeness (QED) is 0.117. The first kappa shape index (κ1) is 31.3. The number of nitrogens with one attached hydrogen (secondary N) is 4. The number of likely N-dealkylation sites (tertiary alicyclic amines) is 1. The van der Waals surface area contributed by atoms with Gasteiger partial charge in [0.15, 0.2) is 0 Å². The lowest BCUT2D eigenvalue weighted by Gasteiger charge is -2.30. The van der Waals surface area contributed by atoms with Gasteiger partial charge in [0.05, 0.1) is 6.04 Å². The summed E-state index contributed by atoms with van der Waals surface area (Å²) in [6, 6.07) is 10.5. The number of nitrogens with zero attached hydrogens (tertiary/aromatic N) is 1. The lowest BCUT2D eigenvalue weighted by atomic mass is 10.0. The van der Waals surface area contributed by atoms with Crippen LogP contribution in [0, 0.1) is 0 Å².